The second kappa shape index (κ2) is 3.53. The van der Waals surface area contributed by atoms with Crippen molar-refractivity contribution in [3.63, 3.8) is 0 Å². The van der Waals surface area contributed by atoms with Crippen LogP contribution < -0.4 is 0 Å². The molecule has 1 unspecified atom stereocenters. The maximum Gasteiger partial charge on any atom is 0.143 e. The van der Waals surface area contributed by atoms with Crippen LogP contribution in [0.3, 0.4) is 0 Å². The van der Waals surface area contributed by atoms with Crippen molar-refractivity contribution in [3.8, 4) is 10.7 Å². The Morgan fingerprint density at radius 3 is 2.85 bits per heavy atom. The van der Waals surface area contributed by atoms with Crippen LogP contribution in [0.4, 0.5) is 0 Å². The molecule has 2 aromatic heterocycles. The third-order valence-electron chi connectivity index (χ3n) is 1.60. The summed E-state index contributed by atoms with van der Waals surface area (Å²) in [6, 6.07) is 0. The lowest BCUT2D eigenvalue weighted by Crippen LogP contribution is -1.90. The van der Waals surface area contributed by atoms with Crippen LogP contribution in [-0.4, -0.2) is 15.1 Å². The molecule has 2 aromatic rings. The van der Waals surface area contributed by atoms with Gasteiger partial charge in [0, 0.05) is 10.8 Å². The molecule has 0 aliphatic rings. The van der Waals surface area contributed by atoms with Crippen LogP contribution in [0.2, 0.25) is 0 Å². The maximum absolute atomic E-state index is 9.26. The first-order valence-corrected chi connectivity index (χ1v) is 5.61. The SMILES string of the molecule is CC(O)c1csc(-c2cscn2)n1. The van der Waals surface area contributed by atoms with Gasteiger partial charge < -0.3 is 5.11 Å². The predicted octanol–water partition coefficient (Wildman–Crippen LogP) is 2.32. The Morgan fingerprint density at radius 1 is 1.46 bits per heavy atom. The first-order chi connectivity index (χ1) is 6.27. The molecule has 1 atom stereocenters. The molecule has 0 aliphatic heterocycles. The molecule has 0 saturated carbocycles. The largest absolute Gasteiger partial charge is 0.387 e. The number of hydrogen-bond acceptors (Lipinski definition) is 5. The van der Waals surface area contributed by atoms with Gasteiger partial charge in [-0.15, -0.1) is 22.7 Å². The third-order valence-corrected chi connectivity index (χ3v) is 3.07. The molecule has 0 aromatic carbocycles. The molecule has 0 fully saturated rings. The van der Waals surface area contributed by atoms with Gasteiger partial charge in [-0.3, -0.25) is 0 Å². The number of nitrogens with zero attached hydrogens (tertiary/aromatic N) is 2. The van der Waals surface area contributed by atoms with E-state index in [4.69, 9.17) is 0 Å². The highest BCUT2D eigenvalue weighted by atomic mass is 32.1. The minimum atomic E-state index is -0.497. The Morgan fingerprint density at radius 2 is 2.31 bits per heavy atom. The van der Waals surface area contributed by atoms with Crippen molar-refractivity contribution < 1.29 is 5.11 Å². The molecule has 68 valence electrons. The van der Waals surface area contributed by atoms with Crippen molar-refractivity contribution in [2.24, 2.45) is 0 Å². The van der Waals surface area contributed by atoms with E-state index in [1.807, 2.05) is 10.8 Å². The zero-order valence-corrected chi connectivity index (χ0v) is 8.60. The molecule has 0 aliphatic carbocycles. The van der Waals surface area contributed by atoms with Gasteiger partial charge in [0.05, 0.1) is 17.3 Å². The molecule has 2 heterocycles. The summed E-state index contributed by atoms with van der Waals surface area (Å²) in [7, 11) is 0. The third kappa shape index (κ3) is 1.77. The summed E-state index contributed by atoms with van der Waals surface area (Å²) in [6.45, 7) is 1.71. The van der Waals surface area contributed by atoms with E-state index < -0.39 is 6.10 Å². The van der Waals surface area contributed by atoms with Gasteiger partial charge in [0.1, 0.15) is 10.7 Å². The van der Waals surface area contributed by atoms with Gasteiger partial charge in [-0.2, -0.15) is 0 Å². The standard InChI is InChI=1S/C8H8N2OS2/c1-5(11)6-3-13-8(10-6)7-2-12-4-9-7/h2-5,11H,1H3. The van der Waals surface area contributed by atoms with Crippen LogP contribution >= 0.6 is 22.7 Å². The average Bonchev–Trinajstić information content (AvgIpc) is 2.75. The molecule has 0 amide bonds. The summed E-state index contributed by atoms with van der Waals surface area (Å²) in [5.74, 6) is 0. The Kier molecular flexibility index (Phi) is 2.39. The summed E-state index contributed by atoms with van der Waals surface area (Å²) in [6.07, 6.45) is -0.497. The molecule has 5 heteroatoms. The zero-order valence-electron chi connectivity index (χ0n) is 6.97. The lowest BCUT2D eigenvalue weighted by Gasteiger charge is -1.95. The van der Waals surface area contributed by atoms with Crippen molar-refractivity contribution in [2.45, 2.75) is 13.0 Å². The normalized spacial score (nSPS) is 13.1. The number of rotatable bonds is 2. The number of aromatic nitrogens is 2. The number of aliphatic hydroxyl groups is 1. The monoisotopic (exact) mass is 212 g/mol. The number of hydrogen-bond donors (Lipinski definition) is 1. The van der Waals surface area contributed by atoms with E-state index in [9.17, 15) is 5.11 Å². The summed E-state index contributed by atoms with van der Waals surface area (Å²) in [4.78, 5) is 8.41. The minimum absolute atomic E-state index is 0.497. The molecule has 2 rings (SSSR count). The lowest BCUT2D eigenvalue weighted by atomic mass is 10.3. The Bertz CT molecular complexity index is 381. The highest BCUT2D eigenvalue weighted by molar-refractivity contribution is 7.13. The predicted molar refractivity (Wildman–Crippen MR) is 53.9 cm³/mol. The molecular weight excluding hydrogens is 204 g/mol. The summed E-state index contributed by atoms with van der Waals surface area (Å²) >= 11 is 3.05. The van der Waals surface area contributed by atoms with Gasteiger partial charge in [0.25, 0.3) is 0 Å². The van der Waals surface area contributed by atoms with Gasteiger partial charge in [-0.1, -0.05) is 0 Å². The van der Waals surface area contributed by atoms with E-state index in [2.05, 4.69) is 9.97 Å². The fourth-order valence-electron chi connectivity index (χ4n) is 0.914. The second-order valence-corrected chi connectivity index (χ2v) is 4.20. The average molecular weight is 212 g/mol. The quantitative estimate of drug-likeness (QED) is 0.831. The van der Waals surface area contributed by atoms with E-state index in [1.54, 1.807) is 23.8 Å². The fraction of sp³-hybridized carbons (Fsp3) is 0.250. The van der Waals surface area contributed by atoms with E-state index in [-0.39, 0.29) is 0 Å². The van der Waals surface area contributed by atoms with Crippen molar-refractivity contribution in [2.75, 3.05) is 0 Å². The van der Waals surface area contributed by atoms with Crippen molar-refractivity contribution >= 4 is 22.7 Å². The van der Waals surface area contributed by atoms with Crippen LogP contribution in [-0.2, 0) is 0 Å². The Balaban J connectivity index is 2.33. The molecular formula is C8H8N2OS2. The van der Waals surface area contributed by atoms with Gasteiger partial charge in [0.2, 0.25) is 0 Å². The molecule has 0 saturated heterocycles. The lowest BCUT2D eigenvalue weighted by molar-refractivity contribution is 0.195. The number of aliphatic hydroxyl groups excluding tert-OH is 1. The van der Waals surface area contributed by atoms with Crippen LogP contribution in [0.5, 0.6) is 0 Å². The van der Waals surface area contributed by atoms with Crippen molar-refractivity contribution in [1.29, 1.82) is 0 Å². The van der Waals surface area contributed by atoms with Crippen molar-refractivity contribution in [1.82, 2.24) is 9.97 Å². The molecule has 0 bridgehead atoms. The second-order valence-electron chi connectivity index (χ2n) is 2.63. The summed E-state index contributed by atoms with van der Waals surface area (Å²) in [5, 5.41) is 13.9. The maximum atomic E-state index is 9.26. The molecule has 1 N–H and O–H groups in total. The summed E-state index contributed by atoms with van der Waals surface area (Å²) < 4.78 is 0. The summed E-state index contributed by atoms with van der Waals surface area (Å²) in [5.41, 5.74) is 3.38. The van der Waals surface area contributed by atoms with Crippen LogP contribution in [0.15, 0.2) is 16.3 Å². The van der Waals surface area contributed by atoms with Gasteiger partial charge in [-0.05, 0) is 6.92 Å². The molecule has 13 heavy (non-hydrogen) atoms. The van der Waals surface area contributed by atoms with Crippen molar-refractivity contribution in [3.05, 3.63) is 22.0 Å². The highest BCUT2D eigenvalue weighted by Crippen LogP contribution is 2.25. The van der Waals surface area contributed by atoms with Gasteiger partial charge in [0.15, 0.2) is 0 Å². The van der Waals surface area contributed by atoms with Crippen LogP contribution in [0, 0.1) is 0 Å². The first kappa shape index (κ1) is 8.80. The number of thiazole rings is 2. The zero-order chi connectivity index (χ0) is 9.26. The van der Waals surface area contributed by atoms with E-state index in [1.165, 1.54) is 11.3 Å². The molecule has 0 spiro atoms. The first-order valence-electron chi connectivity index (χ1n) is 3.79. The van der Waals surface area contributed by atoms with E-state index in [0.717, 1.165) is 10.7 Å². The fourth-order valence-corrected chi connectivity index (χ4v) is 2.40. The van der Waals surface area contributed by atoms with E-state index >= 15 is 0 Å². The van der Waals surface area contributed by atoms with E-state index in [0.29, 0.717) is 5.69 Å². The Hall–Kier alpha value is -0.780. The molecule has 0 radical (unpaired) electrons. The Labute approximate surface area is 83.7 Å². The molecule has 3 nitrogen and oxygen atoms in total. The minimum Gasteiger partial charge on any atom is -0.387 e. The smallest absolute Gasteiger partial charge is 0.143 e. The van der Waals surface area contributed by atoms with Gasteiger partial charge >= 0.3 is 0 Å². The van der Waals surface area contributed by atoms with Crippen LogP contribution in [0.1, 0.15) is 18.7 Å². The highest BCUT2D eigenvalue weighted by Gasteiger charge is 2.09. The van der Waals surface area contributed by atoms with Crippen LogP contribution in [0.25, 0.3) is 10.7 Å². The van der Waals surface area contributed by atoms with Gasteiger partial charge in [-0.25, -0.2) is 9.97 Å². The topological polar surface area (TPSA) is 46.0 Å².